The van der Waals surface area contributed by atoms with Crippen LogP contribution in [0.3, 0.4) is 0 Å². The van der Waals surface area contributed by atoms with E-state index in [4.69, 9.17) is 0 Å². The van der Waals surface area contributed by atoms with E-state index in [1.807, 2.05) is 0 Å². The number of hydrogen-bond acceptors (Lipinski definition) is 4. The SMILES string of the molecule is CC(C)(C)c1cc(C#N)c2c(c1)[Si](C)(C)c1cc(C(C)(C)C)cc(C#N)c1N2B1c2ccccc2N2c3ccccc3C(C)(C)c3cccc1c32. The van der Waals surface area contributed by atoms with Gasteiger partial charge in [-0.05, 0) is 78.6 Å². The van der Waals surface area contributed by atoms with Crippen molar-refractivity contribution < 1.29 is 0 Å². The highest BCUT2D eigenvalue weighted by molar-refractivity contribution is 7.04. The quantitative estimate of drug-likeness (QED) is 0.167. The largest absolute Gasteiger partial charge is 0.375 e. The Bertz CT molecular complexity index is 2310. The van der Waals surface area contributed by atoms with Crippen LogP contribution in [0.25, 0.3) is 0 Å². The number of benzene rings is 5. The van der Waals surface area contributed by atoms with E-state index in [1.54, 1.807) is 0 Å². The van der Waals surface area contributed by atoms with Crippen LogP contribution in [-0.4, -0.2) is 14.9 Å². The van der Waals surface area contributed by atoms with Crippen LogP contribution < -0.4 is 31.0 Å². The lowest BCUT2D eigenvalue weighted by Crippen LogP contribution is -2.68. The van der Waals surface area contributed by atoms with E-state index in [2.05, 4.69) is 181 Å². The van der Waals surface area contributed by atoms with E-state index in [0.717, 1.165) is 22.5 Å². The molecule has 5 aromatic carbocycles. The summed E-state index contributed by atoms with van der Waals surface area (Å²) in [5.74, 6) is 0. The van der Waals surface area contributed by atoms with E-state index >= 15 is 0 Å². The van der Waals surface area contributed by atoms with Gasteiger partial charge < -0.3 is 9.71 Å². The molecular weight excluding hydrogens is 635 g/mol. The fourth-order valence-corrected chi connectivity index (χ4v) is 11.9. The van der Waals surface area contributed by atoms with Gasteiger partial charge in [0.2, 0.25) is 0 Å². The molecule has 6 heteroatoms. The average Bonchev–Trinajstić information content (AvgIpc) is 3.09. The highest BCUT2D eigenvalue weighted by Crippen LogP contribution is 2.53. The van der Waals surface area contributed by atoms with E-state index in [1.165, 1.54) is 49.5 Å². The van der Waals surface area contributed by atoms with Gasteiger partial charge in [-0.1, -0.05) is 135 Å². The summed E-state index contributed by atoms with van der Waals surface area (Å²) in [6, 6.07) is 38.7. The van der Waals surface area contributed by atoms with Crippen molar-refractivity contribution in [2.24, 2.45) is 0 Å². The number of rotatable bonds is 1. The van der Waals surface area contributed by atoms with Crippen molar-refractivity contribution in [3.8, 4) is 12.1 Å². The van der Waals surface area contributed by atoms with Crippen LogP contribution in [0.2, 0.25) is 13.1 Å². The number of nitriles is 2. The summed E-state index contributed by atoms with van der Waals surface area (Å²) in [6.45, 7) is 22.6. The van der Waals surface area contributed by atoms with Crippen LogP contribution >= 0.6 is 0 Å². The van der Waals surface area contributed by atoms with Crippen molar-refractivity contribution in [1.29, 1.82) is 10.5 Å². The summed E-state index contributed by atoms with van der Waals surface area (Å²) in [6.07, 6.45) is 0. The van der Waals surface area contributed by atoms with Gasteiger partial charge in [-0.15, -0.1) is 0 Å². The Morgan fingerprint density at radius 2 is 1.10 bits per heavy atom. The van der Waals surface area contributed by atoms with Crippen molar-refractivity contribution >= 4 is 64.7 Å². The lowest BCUT2D eigenvalue weighted by molar-refractivity contribution is 0.590. The van der Waals surface area contributed by atoms with Crippen molar-refractivity contribution in [3.05, 3.63) is 124 Å². The van der Waals surface area contributed by atoms with Gasteiger partial charge in [0.25, 0.3) is 0 Å². The molecule has 0 aromatic heterocycles. The van der Waals surface area contributed by atoms with Crippen LogP contribution in [0.4, 0.5) is 28.4 Å². The van der Waals surface area contributed by atoms with E-state index in [0.29, 0.717) is 11.1 Å². The predicted molar refractivity (Wildman–Crippen MR) is 217 cm³/mol. The molecule has 0 spiro atoms. The number of fused-ring (bicyclic) bond motifs is 6. The second-order valence-electron chi connectivity index (χ2n) is 17.7. The van der Waals surface area contributed by atoms with Gasteiger partial charge in [0.05, 0.1) is 16.8 Å². The van der Waals surface area contributed by atoms with Gasteiger partial charge >= 0.3 is 6.85 Å². The lowest BCUT2D eigenvalue weighted by atomic mass is 9.45. The minimum atomic E-state index is -2.48. The first-order chi connectivity index (χ1) is 24.0. The van der Waals surface area contributed by atoms with E-state index in [-0.39, 0.29) is 23.1 Å². The first-order valence-corrected chi connectivity index (χ1v) is 21.1. The molecule has 0 unspecified atom stereocenters. The molecule has 0 aliphatic carbocycles. The standard InChI is InChI=1S/C45H45BN4Si/c1-43(2,3)30-22-28(26-47)40-38(24-30)51(9,10)39-25-31(44(4,5)6)23-29(27-48)41(39)50(40)46-34-18-12-14-21-37(34)49-36-20-13-11-16-32(36)45(7,8)33-17-15-19-35(46)42(33)49/h11-25H,1-10H3. The molecule has 0 saturated carbocycles. The van der Waals surface area contributed by atoms with Crippen LogP contribution in [0.1, 0.15) is 88.8 Å². The van der Waals surface area contributed by atoms with Gasteiger partial charge in [0.15, 0.2) is 0 Å². The van der Waals surface area contributed by atoms with Crippen molar-refractivity contribution in [2.75, 3.05) is 9.71 Å². The monoisotopic (exact) mass is 680 g/mol. The minimum Gasteiger partial charge on any atom is -0.375 e. The molecule has 0 bridgehead atoms. The Balaban J connectivity index is 1.54. The number of nitrogens with zero attached hydrogens (tertiary/aromatic N) is 4. The highest BCUT2D eigenvalue weighted by Gasteiger charge is 2.51. The minimum absolute atomic E-state index is 0.142. The smallest absolute Gasteiger partial charge is 0.332 e. The molecule has 0 amide bonds. The lowest BCUT2D eigenvalue weighted by Gasteiger charge is -2.51. The maximum atomic E-state index is 11.1. The zero-order valence-corrected chi connectivity index (χ0v) is 32.5. The molecule has 0 saturated heterocycles. The molecule has 0 fully saturated rings. The molecule has 3 aliphatic rings. The summed E-state index contributed by atoms with van der Waals surface area (Å²) >= 11 is 0. The predicted octanol–water partition coefficient (Wildman–Crippen LogP) is 8.53. The molecule has 8 rings (SSSR count). The molecular formula is C45H45BN4Si. The highest BCUT2D eigenvalue weighted by atomic mass is 28.3. The second-order valence-corrected chi connectivity index (χ2v) is 22.1. The van der Waals surface area contributed by atoms with Gasteiger partial charge in [0, 0.05) is 28.2 Å². The fourth-order valence-electron chi connectivity index (χ4n) is 8.91. The summed E-state index contributed by atoms with van der Waals surface area (Å²) < 4.78 is 0. The maximum Gasteiger partial charge on any atom is 0.332 e. The molecule has 4 nitrogen and oxygen atoms in total. The first-order valence-electron chi connectivity index (χ1n) is 18.1. The Morgan fingerprint density at radius 3 is 1.65 bits per heavy atom. The fraction of sp³-hybridized carbons (Fsp3) is 0.289. The number of anilines is 5. The van der Waals surface area contributed by atoms with Gasteiger partial charge in [-0.25, -0.2) is 0 Å². The molecule has 3 aliphatic heterocycles. The molecule has 0 radical (unpaired) electrons. The molecule has 0 atom stereocenters. The van der Waals surface area contributed by atoms with Crippen LogP contribution in [0.15, 0.2) is 91.0 Å². The Hall–Kier alpha value is -5.04. The summed E-state index contributed by atoms with van der Waals surface area (Å²) in [4.78, 5) is 4.88. The Labute approximate surface area is 305 Å². The summed E-state index contributed by atoms with van der Waals surface area (Å²) in [5, 5.41) is 24.6. The average molecular weight is 681 g/mol. The summed E-state index contributed by atoms with van der Waals surface area (Å²) in [7, 11) is -2.48. The molecule has 3 heterocycles. The molecule has 252 valence electrons. The van der Waals surface area contributed by atoms with Crippen LogP contribution in [0, 0.1) is 22.7 Å². The zero-order chi connectivity index (χ0) is 36.4. The third-order valence-electron chi connectivity index (χ3n) is 11.8. The van der Waals surface area contributed by atoms with Crippen LogP contribution in [0.5, 0.6) is 0 Å². The zero-order valence-electron chi connectivity index (χ0n) is 31.5. The van der Waals surface area contributed by atoms with Crippen molar-refractivity contribution in [2.45, 2.75) is 84.7 Å². The Morgan fingerprint density at radius 1 is 0.608 bits per heavy atom. The summed E-state index contributed by atoms with van der Waals surface area (Å²) in [5.41, 5.74) is 13.5. The number of para-hydroxylation sites is 3. The van der Waals surface area contributed by atoms with Gasteiger partial charge in [0.1, 0.15) is 20.2 Å². The first kappa shape index (κ1) is 33.1. The second kappa shape index (κ2) is 10.7. The Kier molecular flexibility index (Phi) is 6.97. The molecule has 5 aromatic rings. The van der Waals surface area contributed by atoms with E-state index in [9.17, 15) is 10.5 Å². The maximum absolute atomic E-state index is 11.1. The van der Waals surface area contributed by atoms with E-state index < -0.39 is 8.07 Å². The molecule has 0 N–H and O–H groups in total. The normalized spacial score (nSPS) is 16.2. The third-order valence-corrected chi connectivity index (χ3v) is 15.3. The third kappa shape index (κ3) is 4.56. The topological polar surface area (TPSA) is 54.1 Å². The van der Waals surface area contributed by atoms with Crippen molar-refractivity contribution in [1.82, 2.24) is 0 Å². The van der Waals surface area contributed by atoms with Gasteiger partial charge in [-0.2, -0.15) is 10.5 Å². The number of hydrogen-bond donors (Lipinski definition) is 0. The van der Waals surface area contributed by atoms with Crippen LogP contribution in [-0.2, 0) is 16.2 Å². The van der Waals surface area contributed by atoms with Crippen molar-refractivity contribution in [3.63, 3.8) is 0 Å². The molecule has 51 heavy (non-hydrogen) atoms. The van der Waals surface area contributed by atoms with Gasteiger partial charge in [-0.3, -0.25) is 0 Å².